The van der Waals surface area contributed by atoms with Crippen LogP contribution in [0.1, 0.15) is 21.8 Å². The molecule has 0 aromatic rings. The minimum absolute atomic E-state index is 0. The maximum atomic E-state index is 5.42. The molecule has 2 N–H and O–H groups in total. The van der Waals surface area contributed by atoms with Crippen molar-refractivity contribution in [3.8, 4) is 0 Å². The van der Waals surface area contributed by atoms with E-state index in [1.165, 1.54) is 0 Å². The Morgan fingerprint density at radius 3 is 1.78 bits per heavy atom. The second-order valence-electron chi connectivity index (χ2n) is 1.98. The van der Waals surface area contributed by atoms with Gasteiger partial charge in [0.05, 0.1) is 0 Å². The van der Waals surface area contributed by atoms with Gasteiger partial charge in [0.15, 0.2) is 13.3 Å². The van der Waals surface area contributed by atoms with Crippen molar-refractivity contribution in [3.05, 3.63) is 0 Å². The lowest BCUT2D eigenvalue weighted by Crippen LogP contribution is -2.23. The molecule has 0 heterocycles. The fourth-order valence-corrected chi connectivity index (χ4v) is 0.353. The maximum absolute atomic E-state index is 5.42. The first-order chi connectivity index (χ1) is 3.18. The summed E-state index contributed by atoms with van der Waals surface area (Å²) < 4.78 is 2.11. The second kappa shape index (κ2) is 7.53. The van der Waals surface area contributed by atoms with Crippen LogP contribution in [0.15, 0.2) is 0 Å². The van der Waals surface area contributed by atoms with Crippen LogP contribution in [-0.4, -0.2) is 24.8 Å². The largest absolute Gasteiger partial charge is 0.470 e. The molecule has 3 heteroatoms. The van der Waals surface area contributed by atoms with Crippen molar-refractivity contribution in [1.29, 1.82) is 0 Å². The zero-order valence-electron chi connectivity index (χ0n) is 5.52. The van der Waals surface area contributed by atoms with Crippen molar-refractivity contribution >= 4 is 13.3 Å². The first kappa shape index (κ1) is 15.8. The highest BCUT2D eigenvalue weighted by atomic mass is 14.9. The van der Waals surface area contributed by atoms with Crippen LogP contribution >= 0.6 is 0 Å². The van der Waals surface area contributed by atoms with Crippen LogP contribution in [0.2, 0.25) is 6.82 Å². The molecule has 0 aliphatic heterocycles. The standard InChI is InChI=1S/C4H13BN2.2CH4/c1-4(6)7(3)5-2;;/h5-6H2,1-3H3;2*1H4/b7-4+;;. The van der Waals surface area contributed by atoms with Gasteiger partial charge < -0.3 is 4.49 Å². The van der Waals surface area contributed by atoms with Crippen LogP contribution in [0.4, 0.5) is 0 Å². The molecule has 0 bridgehead atoms. The van der Waals surface area contributed by atoms with Gasteiger partial charge in [-0.3, -0.25) is 5.73 Å². The molecule has 58 valence electrons. The Kier molecular flexibility index (Phi) is 13.2. The van der Waals surface area contributed by atoms with Crippen molar-refractivity contribution in [2.75, 3.05) is 7.05 Å². The third-order valence-electron chi connectivity index (χ3n) is 1.38. The third-order valence-corrected chi connectivity index (χ3v) is 1.38. The zero-order valence-corrected chi connectivity index (χ0v) is 5.52. The molecule has 0 spiro atoms. The highest BCUT2D eigenvalue weighted by Crippen LogP contribution is 1.61. The third kappa shape index (κ3) is 7.53. The van der Waals surface area contributed by atoms with Crippen molar-refractivity contribution < 1.29 is 4.49 Å². The van der Waals surface area contributed by atoms with Crippen LogP contribution in [0.25, 0.3) is 0 Å². The molecule has 0 atom stereocenters. The van der Waals surface area contributed by atoms with Crippen LogP contribution in [0.3, 0.4) is 0 Å². The van der Waals surface area contributed by atoms with E-state index in [2.05, 4.69) is 11.3 Å². The summed E-state index contributed by atoms with van der Waals surface area (Å²) >= 11 is 0. The van der Waals surface area contributed by atoms with E-state index >= 15 is 0 Å². The fraction of sp³-hybridized carbons (Fsp3) is 0.833. The summed E-state index contributed by atoms with van der Waals surface area (Å²) in [5.41, 5.74) is 5.42. The van der Waals surface area contributed by atoms with Gasteiger partial charge in [-0.1, -0.05) is 14.9 Å². The molecule has 0 radical (unpaired) electrons. The van der Waals surface area contributed by atoms with E-state index in [-0.39, 0.29) is 22.3 Å². The summed E-state index contributed by atoms with van der Waals surface area (Å²) in [6.07, 6.45) is 0. The van der Waals surface area contributed by atoms with Crippen molar-refractivity contribution in [1.82, 2.24) is 0 Å². The Hall–Kier alpha value is -0.465. The minimum Gasteiger partial charge on any atom is -0.470 e. The molecule has 0 rings (SSSR count). The van der Waals surface area contributed by atoms with Crippen LogP contribution in [0.5, 0.6) is 0 Å². The van der Waals surface area contributed by atoms with Crippen LogP contribution in [-0.2, 0) is 0 Å². The van der Waals surface area contributed by atoms with Gasteiger partial charge in [-0.2, -0.15) is 6.82 Å². The van der Waals surface area contributed by atoms with Gasteiger partial charge in [0, 0.05) is 14.0 Å². The minimum atomic E-state index is 0. The Morgan fingerprint density at radius 2 is 1.78 bits per heavy atom. The molecule has 2 nitrogen and oxygen atoms in total. The molecule has 0 aromatic carbocycles. The summed E-state index contributed by atoms with van der Waals surface area (Å²) in [7, 11) is 2.09. The highest BCUT2D eigenvalue weighted by molar-refractivity contribution is 6.24. The molecule has 0 aliphatic carbocycles. The molecule has 0 saturated carbocycles. The number of amidine groups is 1. The molecule has 0 aromatic heterocycles. The lowest BCUT2D eigenvalue weighted by Gasteiger charge is -2.01. The predicted octanol–water partition coefficient (Wildman–Crippen LogP) is 0.410. The number of rotatable bonds is 1. The highest BCUT2D eigenvalue weighted by Gasteiger charge is 1.82. The van der Waals surface area contributed by atoms with Gasteiger partial charge in [-0.05, 0) is 0 Å². The van der Waals surface area contributed by atoms with Crippen molar-refractivity contribution in [3.63, 3.8) is 0 Å². The molecule has 0 amide bonds. The van der Waals surface area contributed by atoms with E-state index < -0.39 is 0 Å². The number of hydrogen-bond donors (Lipinski definition) is 1. The lowest BCUT2D eigenvalue weighted by atomic mass is 10.00. The molecule has 0 aliphatic rings. The first-order valence-corrected chi connectivity index (χ1v) is 2.91. The summed E-state index contributed by atoms with van der Waals surface area (Å²) in [5.74, 6) is 0.933. The normalized spacial score (nSPS) is 10.6. The van der Waals surface area contributed by atoms with Crippen LogP contribution < -0.4 is 5.73 Å². The van der Waals surface area contributed by atoms with Gasteiger partial charge in [0.2, 0.25) is 0 Å². The van der Waals surface area contributed by atoms with Gasteiger partial charge in [-0.25, -0.2) is 0 Å². The monoisotopic (exact) mass is 132 g/mol. The zero-order chi connectivity index (χ0) is 5.86. The SMILES string of the molecule is C.C.C[BH2-]/[N+](C)=C(\C)N. The second-order valence-corrected chi connectivity index (χ2v) is 1.98. The summed E-state index contributed by atoms with van der Waals surface area (Å²) in [6.45, 7) is 4.11. The summed E-state index contributed by atoms with van der Waals surface area (Å²) in [5, 5.41) is 0. The Bertz CT molecular complexity index is 85.1. The van der Waals surface area contributed by atoms with Crippen molar-refractivity contribution in [2.45, 2.75) is 28.6 Å². The molecular weight excluding hydrogens is 111 g/mol. The van der Waals surface area contributed by atoms with E-state index in [0.29, 0.717) is 0 Å². The fourth-order valence-electron chi connectivity index (χ4n) is 0.353. The summed E-state index contributed by atoms with van der Waals surface area (Å²) in [4.78, 5) is 0. The molecule has 9 heavy (non-hydrogen) atoms. The lowest BCUT2D eigenvalue weighted by molar-refractivity contribution is -0.344. The number of hydrogen-bond acceptors (Lipinski definition) is 0. The quantitative estimate of drug-likeness (QED) is 0.312. The van der Waals surface area contributed by atoms with E-state index in [1.807, 2.05) is 14.0 Å². The first-order valence-electron chi connectivity index (χ1n) is 2.91. The van der Waals surface area contributed by atoms with Gasteiger partial charge in [0.25, 0.3) is 0 Å². The molecule has 0 fully saturated rings. The average molecular weight is 132 g/mol. The smallest absolute Gasteiger partial charge is 0.191 e. The maximum Gasteiger partial charge on any atom is 0.191 e. The van der Waals surface area contributed by atoms with Gasteiger partial charge in [-0.15, -0.1) is 0 Å². The molecule has 0 unspecified atom stereocenters. The average Bonchev–Trinajstić information content (AvgIpc) is 1.65. The number of nitrogens with two attached hydrogens (primary N) is 1. The van der Waals surface area contributed by atoms with E-state index in [9.17, 15) is 0 Å². The topological polar surface area (TPSA) is 29.0 Å². The Morgan fingerprint density at radius 1 is 1.44 bits per heavy atom. The van der Waals surface area contributed by atoms with Gasteiger partial charge in [0.1, 0.15) is 0 Å². The van der Waals surface area contributed by atoms with Crippen LogP contribution in [0, 0.1) is 0 Å². The van der Waals surface area contributed by atoms with E-state index in [0.717, 1.165) is 5.84 Å². The Labute approximate surface area is 60.0 Å². The molecule has 0 saturated heterocycles. The molecular formula is C6H21BN2. The van der Waals surface area contributed by atoms with Gasteiger partial charge >= 0.3 is 0 Å². The summed E-state index contributed by atoms with van der Waals surface area (Å²) in [6, 6.07) is 0. The number of nitrogens with zero attached hydrogens (tertiary/aromatic N) is 1. The van der Waals surface area contributed by atoms with E-state index in [4.69, 9.17) is 5.73 Å². The predicted molar refractivity (Wildman–Crippen MR) is 48.9 cm³/mol. The van der Waals surface area contributed by atoms with Crippen molar-refractivity contribution in [2.24, 2.45) is 5.73 Å². The van der Waals surface area contributed by atoms with E-state index in [1.54, 1.807) is 0 Å². The Balaban J connectivity index is -0.000000180.